The number of carbonyl (C=O) groups excluding carboxylic acids is 2. The number of amides is 2. The number of benzene rings is 1. The van der Waals surface area contributed by atoms with Gasteiger partial charge in [-0.3, -0.25) is 9.59 Å². The molecule has 0 saturated carbocycles. The van der Waals surface area contributed by atoms with Crippen molar-refractivity contribution in [3.8, 4) is 5.69 Å². The van der Waals surface area contributed by atoms with Crippen LogP contribution in [0.4, 0.5) is 0 Å². The molecule has 2 amide bonds. The highest BCUT2D eigenvalue weighted by atomic mass is 16.2. The van der Waals surface area contributed by atoms with E-state index in [1.807, 2.05) is 41.1 Å². The van der Waals surface area contributed by atoms with Crippen LogP contribution in [0.2, 0.25) is 0 Å². The molecule has 0 atom stereocenters. The van der Waals surface area contributed by atoms with Crippen LogP contribution in [0.5, 0.6) is 0 Å². The Morgan fingerprint density at radius 1 is 1.13 bits per heavy atom. The maximum absolute atomic E-state index is 12.7. The molecule has 1 fully saturated rings. The fraction of sp³-hybridized carbons (Fsp3) is 0.462. The zero-order valence-electron chi connectivity index (χ0n) is 19.3. The van der Waals surface area contributed by atoms with Crippen molar-refractivity contribution in [2.24, 2.45) is 5.92 Å². The highest BCUT2D eigenvalue weighted by Gasteiger charge is 2.28. The summed E-state index contributed by atoms with van der Waals surface area (Å²) >= 11 is 0. The summed E-state index contributed by atoms with van der Waals surface area (Å²) in [5.74, 6) is 0.291. The van der Waals surface area contributed by atoms with Gasteiger partial charge in [0.15, 0.2) is 0 Å². The highest BCUT2D eigenvalue weighted by molar-refractivity contribution is 5.92. The average Bonchev–Trinajstić information content (AvgIpc) is 3.08. The lowest BCUT2D eigenvalue weighted by molar-refractivity contribution is -0.138. The second kappa shape index (κ2) is 10.5. The molecule has 5 heteroatoms. The van der Waals surface area contributed by atoms with Gasteiger partial charge in [0.1, 0.15) is 0 Å². The Morgan fingerprint density at radius 3 is 2.45 bits per heavy atom. The average molecular weight is 422 g/mol. The third-order valence-electron chi connectivity index (χ3n) is 6.27. The van der Waals surface area contributed by atoms with Crippen molar-refractivity contribution >= 4 is 17.9 Å². The largest absolute Gasteiger partial charge is 0.346 e. The molecule has 1 saturated heterocycles. The normalized spacial score (nSPS) is 14.9. The molecule has 2 aromatic rings. The number of rotatable bonds is 7. The van der Waals surface area contributed by atoms with Crippen LogP contribution in [0.15, 0.2) is 42.5 Å². The number of aryl methyl sites for hydroxylation is 1. The molecule has 0 bridgehead atoms. The number of piperidine rings is 1. The van der Waals surface area contributed by atoms with Crippen LogP contribution in [0, 0.1) is 19.8 Å². The van der Waals surface area contributed by atoms with Crippen LogP contribution >= 0.6 is 0 Å². The SMILES string of the molecule is CCCCN(C)C(=O)C1CCN(C(=O)/C=C/c2cc(C)n(-c3ccccc3)c2C)CC1. The van der Waals surface area contributed by atoms with Gasteiger partial charge >= 0.3 is 0 Å². The Morgan fingerprint density at radius 2 is 1.81 bits per heavy atom. The zero-order chi connectivity index (χ0) is 22.4. The van der Waals surface area contributed by atoms with E-state index in [-0.39, 0.29) is 17.7 Å². The van der Waals surface area contributed by atoms with E-state index in [1.54, 1.807) is 6.08 Å². The lowest BCUT2D eigenvalue weighted by Crippen LogP contribution is -2.43. The first kappa shape index (κ1) is 22.9. The summed E-state index contributed by atoms with van der Waals surface area (Å²) < 4.78 is 2.20. The van der Waals surface area contributed by atoms with E-state index in [2.05, 4.69) is 43.5 Å². The van der Waals surface area contributed by atoms with Gasteiger partial charge in [0.2, 0.25) is 11.8 Å². The monoisotopic (exact) mass is 421 g/mol. The first-order valence-electron chi connectivity index (χ1n) is 11.4. The molecule has 1 aromatic heterocycles. The molecule has 3 rings (SSSR count). The summed E-state index contributed by atoms with van der Waals surface area (Å²) in [5, 5.41) is 0. The molecular weight excluding hydrogens is 386 g/mol. The minimum Gasteiger partial charge on any atom is -0.346 e. The van der Waals surface area contributed by atoms with Gasteiger partial charge in [-0.05, 0) is 62.9 Å². The molecule has 31 heavy (non-hydrogen) atoms. The Labute approximate surface area is 186 Å². The van der Waals surface area contributed by atoms with Crippen LogP contribution in [0.1, 0.15) is 49.6 Å². The van der Waals surface area contributed by atoms with Crippen molar-refractivity contribution in [2.75, 3.05) is 26.7 Å². The molecule has 0 N–H and O–H groups in total. The van der Waals surface area contributed by atoms with Crippen molar-refractivity contribution in [3.63, 3.8) is 0 Å². The number of aromatic nitrogens is 1. The van der Waals surface area contributed by atoms with Crippen molar-refractivity contribution in [3.05, 3.63) is 59.4 Å². The Hall–Kier alpha value is -2.82. The molecule has 1 aromatic carbocycles. The molecule has 5 nitrogen and oxygen atoms in total. The fourth-order valence-electron chi connectivity index (χ4n) is 4.36. The quantitative estimate of drug-likeness (QED) is 0.613. The van der Waals surface area contributed by atoms with E-state index in [9.17, 15) is 9.59 Å². The van der Waals surface area contributed by atoms with Crippen LogP contribution in [0.25, 0.3) is 11.8 Å². The van der Waals surface area contributed by atoms with Gasteiger partial charge in [-0.15, -0.1) is 0 Å². The minimum atomic E-state index is 0.0229. The summed E-state index contributed by atoms with van der Waals surface area (Å²) in [5.41, 5.74) is 4.44. The Bertz CT molecular complexity index is 922. The number of hydrogen-bond donors (Lipinski definition) is 0. The topological polar surface area (TPSA) is 45.6 Å². The predicted octanol–water partition coefficient (Wildman–Crippen LogP) is 4.60. The highest BCUT2D eigenvalue weighted by Crippen LogP contribution is 2.23. The zero-order valence-corrected chi connectivity index (χ0v) is 19.3. The van der Waals surface area contributed by atoms with Crippen LogP contribution < -0.4 is 0 Å². The first-order valence-corrected chi connectivity index (χ1v) is 11.4. The van der Waals surface area contributed by atoms with E-state index in [1.165, 1.54) is 0 Å². The smallest absolute Gasteiger partial charge is 0.246 e. The standard InChI is InChI=1S/C26H35N3O2/c1-5-6-16-27(4)26(31)22-14-17-28(18-15-22)25(30)13-12-23-19-20(2)29(21(23)3)24-10-8-7-9-11-24/h7-13,19,22H,5-6,14-18H2,1-4H3/b13-12+. The summed E-state index contributed by atoms with van der Waals surface area (Å²) in [6.07, 6.45) is 7.21. The number of unbranched alkanes of at least 4 members (excludes halogenated alkanes) is 1. The number of para-hydroxylation sites is 1. The van der Waals surface area contributed by atoms with Gasteiger partial charge in [0.05, 0.1) is 0 Å². The van der Waals surface area contributed by atoms with Crippen LogP contribution in [0.3, 0.4) is 0 Å². The number of likely N-dealkylation sites (tertiary alicyclic amines) is 1. The van der Waals surface area contributed by atoms with Crippen molar-refractivity contribution < 1.29 is 9.59 Å². The van der Waals surface area contributed by atoms with E-state index in [0.717, 1.165) is 54.9 Å². The Kier molecular flexibility index (Phi) is 7.72. The first-order chi connectivity index (χ1) is 14.9. The Balaban J connectivity index is 1.59. The third-order valence-corrected chi connectivity index (χ3v) is 6.27. The predicted molar refractivity (Wildman–Crippen MR) is 126 cm³/mol. The molecule has 1 aliphatic heterocycles. The number of nitrogens with zero attached hydrogens (tertiary/aromatic N) is 3. The van der Waals surface area contributed by atoms with E-state index < -0.39 is 0 Å². The van der Waals surface area contributed by atoms with Crippen LogP contribution in [-0.4, -0.2) is 52.9 Å². The van der Waals surface area contributed by atoms with Gasteiger partial charge in [-0.2, -0.15) is 0 Å². The van der Waals surface area contributed by atoms with E-state index >= 15 is 0 Å². The molecule has 1 aliphatic rings. The second-order valence-electron chi connectivity index (χ2n) is 8.54. The van der Waals surface area contributed by atoms with Crippen molar-refractivity contribution in [1.82, 2.24) is 14.4 Å². The molecule has 166 valence electrons. The fourth-order valence-corrected chi connectivity index (χ4v) is 4.36. The third kappa shape index (κ3) is 5.46. The lowest BCUT2D eigenvalue weighted by atomic mass is 9.95. The summed E-state index contributed by atoms with van der Waals surface area (Å²) in [4.78, 5) is 29.0. The summed E-state index contributed by atoms with van der Waals surface area (Å²) in [7, 11) is 1.89. The molecule has 0 unspecified atom stereocenters. The van der Waals surface area contributed by atoms with Crippen LogP contribution in [-0.2, 0) is 9.59 Å². The van der Waals surface area contributed by atoms with Crippen molar-refractivity contribution in [1.29, 1.82) is 0 Å². The molecule has 0 spiro atoms. The van der Waals surface area contributed by atoms with Gasteiger partial charge in [-0.1, -0.05) is 31.5 Å². The number of carbonyl (C=O) groups is 2. The molecule has 2 heterocycles. The number of hydrogen-bond acceptors (Lipinski definition) is 2. The van der Waals surface area contributed by atoms with Gasteiger partial charge in [-0.25, -0.2) is 0 Å². The maximum Gasteiger partial charge on any atom is 0.246 e. The summed E-state index contributed by atoms with van der Waals surface area (Å²) in [6, 6.07) is 12.4. The van der Waals surface area contributed by atoms with Gasteiger partial charge in [0, 0.05) is 55.8 Å². The van der Waals surface area contributed by atoms with Gasteiger partial charge in [0.25, 0.3) is 0 Å². The van der Waals surface area contributed by atoms with E-state index in [4.69, 9.17) is 0 Å². The minimum absolute atomic E-state index is 0.0229. The van der Waals surface area contributed by atoms with Crippen molar-refractivity contribution in [2.45, 2.75) is 46.5 Å². The van der Waals surface area contributed by atoms with Gasteiger partial charge < -0.3 is 14.4 Å². The molecular formula is C26H35N3O2. The second-order valence-corrected chi connectivity index (χ2v) is 8.54. The summed E-state index contributed by atoms with van der Waals surface area (Å²) in [6.45, 7) is 8.40. The van der Waals surface area contributed by atoms with E-state index in [0.29, 0.717) is 13.1 Å². The molecule has 0 radical (unpaired) electrons. The molecule has 0 aliphatic carbocycles. The maximum atomic E-state index is 12.7. The lowest BCUT2D eigenvalue weighted by Gasteiger charge is -2.32.